The lowest BCUT2D eigenvalue weighted by Crippen LogP contribution is -2.64. The van der Waals surface area contributed by atoms with Crippen molar-refractivity contribution in [2.45, 2.75) is 81.5 Å². The molecule has 0 bridgehead atoms. The number of nitrogens with one attached hydrogen (secondary N) is 3. The number of hydrogen-bond acceptors (Lipinski definition) is 9. The van der Waals surface area contributed by atoms with E-state index in [-0.39, 0.29) is 56.6 Å². The molecule has 1 aliphatic heterocycles. The molecule has 2 atom stereocenters. The van der Waals surface area contributed by atoms with Crippen molar-refractivity contribution in [2.24, 2.45) is 17.4 Å². The van der Waals surface area contributed by atoms with Crippen LogP contribution >= 0.6 is 23.5 Å². The number of nitrogens with zero attached hydrogens (tertiary/aromatic N) is 1. The fourth-order valence-corrected chi connectivity index (χ4v) is 6.89. The molecule has 7 N–H and O–H groups in total. The monoisotopic (exact) mass is 700 g/mol. The van der Waals surface area contributed by atoms with Gasteiger partial charge in [0, 0.05) is 68.3 Å². The Hall–Kier alpha value is -3.62. The van der Waals surface area contributed by atoms with E-state index in [1.165, 1.54) is 0 Å². The molecule has 0 aliphatic carbocycles. The Kier molecular flexibility index (Phi) is 16.2. The van der Waals surface area contributed by atoms with Gasteiger partial charge in [-0.3, -0.25) is 29.0 Å². The molecule has 3 rings (SSSR count). The Morgan fingerprint density at radius 1 is 0.854 bits per heavy atom. The number of hydrogen-bond donors (Lipinski definition) is 5. The summed E-state index contributed by atoms with van der Waals surface area (Å²) in [5.74, 6) is 0.290. The van der Waals surface area contributed by atoms with Crippen LogP contribution in [0.4, 0.5) is 0 Å². The predicted octanol–water partition coefficient (Wildman–Crippen LogP) is 2.22. The highest BCUT2D eigenvalue weighted by Crippen LogP contribution is 2.23. The summed E-state index contributed by atoms with van der Waals surface area (Å²) in [6.07, 6.45) is 1.60. The van der Waals surface area contributed by atoms with E-state index in [0.717, 1.165) is 17.0 Å². The largest absolute Gasteiger partial charge is 0.381 e. The van der Waals surface area contributed by atoms with Crippen molar-refractivity contribution in [1.82, 2.24) is 20.9 Å². The van der Waals surface area contributed by atoms with E-state index in [4.69, 9.17) is 16.2 Å². The third-order valence-electron chi connectivity index (χ3n) is 7.76. The quantitative estimate of drug-likeness (QED) is 0.129. The van der Waals surface area contributed by atoms with Gasteiger partial charge in [0.2, 0.25) is 29.5 Å². The lowest BCUT2D eigenvalue weighted by Gasteiger charge is -2.37. The van der Waals surface area contributed by atoms with Gasteiger partial charge >= 0.3 is 0 Å². The van der Waals surface area contributed by atoms with Gasteiger partial charge in [0.25, 0.3) is 0 Å². The zero-order valence-corrected chi connectivity index (χ0v) is 29.3. The van der Waals surface area contributed by atoms with Crippen molar-refractivity contribution >= 4 is 53.1 Å². The lowest BCUT2D eigenvalue weighted by atomic mass is 9.87. The van der Waals surface area contributed by atoms with Crippen LogP contribution < -0.4 is 27.4 Å². The van der Waals surface area contributed by atoms with E-state index < -0.39 is 35.3 Å². The minimum atomic E-state index is -1.23. The number of nitrogens with two attached hydrogens (primary N) is 2. The summed E-state index contributed by atoms with van der Waals surface area (Å²) in [4.78, 5) is 68.3. The predicted molar refractivity (Wildman–Crippen MR) is 189 cm³/mol. The van der Waals surface area contributed by atoms with Crippen molar-refractivity contribution in [3.8, 4) is 0 Å². The van der Waals surface area contributed by atoms with Gasteiger partial charge in [-0.25, -0.2) is 0 Å². The van der Waals surface area contributed by atoms with Gasteiger partial charge < -0.3 is 32.2 Å². The van der Waals surface area contributed by atoms with Crippen LogP contribution in [0.1, 0.15) is 62.9 Å². The van der Waals surface area contributed by atoms with E-state index in [9.17, 15) is 24.0 Å². The van der Waals surface area contributed by atoms with Crippen LogP contribution in [-0.2, 0) is 46.6 Å². The molecule has 5 amide bonds. The Morgan fingerprint density at radius 3 is 2.06 bits per heavy atom. The molecule has 0 unspecified atom stereocenters. The van der Waals surface area contributed by atoms with Crippen LogP contribution in [-0.4, -0.2) is 76.9 Å². The van der Waals surface area contributed by atoms with Crippen molar-refractivity contribution in [3.63, 3.8) is 0 Å². The molecule has 0 spiro atoms. The smallest absolute Gasteiger partial charge is 0.246 e. The minimum absolute atomic E-state index is 0.0511. The van der Waals surface area contributed by atoms with Crippen LogP contribution in [0.15, 0.2) is 48.5 Å². The van der Waals surface area contributed by atoms with E-state index in [1.807, 2.05) is 62.4 Å². The Morgan fingerprint density at radius 2 is 1.48 bits per heavy atom. The molecule has 1 saturated heterocycles. The highest BCUT2D eigenvalue weighted by molar-refractivity contribution is 7.98. The molecule has 2 heterocycles. The number of ether oxygens (including phenoxy) is 1. The summed E-state index contributed by atoms with van der Waals surface area (Å²) in [7, 11) is 0. The summed E-state index contributed by atoms with van der Waals surface area (Å²) >= 11 is 3.17. The summed E-state index contributed by atoms with van der Waals surface area (Å²) in [5, 5.41) is 8.58. The molecule has 0 radical (unpaired) electrons. The standard InChI is InChI=1S/C34H48N6O6S2/c1-23(2)19-28(32(44)38-27(31(36)43)20-24-7-4-3-5-8-24)39-33(45)34(13-15-46-16-14-34)40-30(42)12-18-48-22-26-10-6-9-25(37-26)21-47-17-11-29(35)41/h3-10,23,27-28H,11-22H2,1-2H3,(H2,35,41)(H2,36,43)(H,38,44)(H,39,45)(H,40,42)/t27-,28-/m0/s1. The minimum Gasteiger partial charge on any atom is -0.381 e. The number of aromatic nitrogens is 1. The van der Waals surface area contributed by atoms with E-state index in [1.54, 1.807) is 23.5 Å². The Labute approximate surface area is 291 Å². The summed E-state index contributed by atoms with van der Waals surface area (Å²) in [6.45, 7) is 4.44. The average Bonchev–Trinajstić information content (AvgIpc) is 3.05. The molecule has 262 valence electrons. The fraction of sp³-hybridized carbons (Fsp3) is 0.529. The molecular weight excluding hydrogens is 653 g/mol. The lowest BCUT2D eigenvalue weighted by molar-refractivity contribution is -0.140. The highest BCUT2D eigenvalue weighted by Gasteiger charge is 2.43. The van der Waals surface area contributed by atoms with Crippen molar-refractivity contribution in [2.75, 3.05) is 24.7 Å². The second-order valence-electron chi connectivity index (χ2n) is 12.2. The van der Waals surface area contributed by atoms with Gasteiger partial charge in [-0.15, -0.1) is 0 Å². The van der Waals surface area contributed by atoms with Crippen LogP contribution in [0.3, 0.4) is 0 Å². The third-order valence-corrected chi connectivity index (χ3v) is 9.75. The van der Waals surface area contributed by atoms with Crippen molar-refractivity contribution < 1.29 is 28.7 Å². The molecule has 2 aromatic rings. The Bertz CT molecular complexity index is 1370. The van der Waals surface area contributed by atoms with E-state index >= 15 is 0 Å². The Balaban J connectivity index is 1.57. The fourth-order valence-electron chi connectivity index (χ4n) is 5.18. The summed E-state index contributed by atoms with van der Waals surface area (Å²) in [6, 6.07) is 13.1. The number of primary amides is 2. The topological polar surface area (TPSA) is 196 Å². The normalized spacial score (nSPS) is 15.2. The maximum absolute atomic E-state index is 13.8. The molecule has 1 aromatic carbocycles. The van der Waals surface area contributed by atoms with Crippen LogP contribution in [0.25, 0.3) is 0 Å². The molecule has 14 heteroatoms. The van der Waals surface area contributed by atoms with E-state index in [2.05, 4.69) is 20.9 Å². The number of thioether (sulfide) groups is 2. The zero-order valence-electron chi connectivity index (χ0n) is 27.7. The molecule has 48 heavy (non-hydrogen) atoms. The van der Waals surface area contributed by atoms with Gasteiger partial charge in [-0.1, -0.05) is 50.2 Å². The van der Waals surface area contributed by atoms with Crippen molar-refractivity contribution in [3.05, 3.63) is 65.5 Å². The second-order valence-corrected chi connectivity index (χ2v) is 14.5. The van der Waals surface area contributed by atoms with Gasteiger partial charge in [0.05, 0.1) is 11.4 Å². The van der Waals surface area contributed by atoms with Crippen LogP contribution in [0.2, 0.25) is 0 Å². The first-order valence-corrected chi connectivity index (χ1v) is 18.5. The number of benzene rings is 1. The van der Waals surface area contributed by atoms with Gasteiger partial charge in [0.15, 0.2) is 0 Å². The van der Waals surface area contributed by atoms with Crippen molar-refractivity contribution in [1.29, 1.82) is 0 Å². The second kappa shape index (κ2) is 20.0. The number of pyridine rings is 1. The molecule has 1 aromatic heterocycles. The molecule has 1 fully saturated rings. The third kappa shape index (κ3) is 13.5. The van der Waals surface area contributed by atoms with Crippen LogP contribution in [0.5, 0.6) is 0 Å². The average molecular weight is 701 g/mol. The molecular formula is C34H48N6O6S2. The first kappa shape index (κ1) is 38.8. The molecule has 0 saturated carbocycles. The van der Waals surface area contributed by atoms with E-state index in [0.29, 0.717) is 35.9 Å². The number of carbonyl (C=O) groups excluding carboxylic acids is 5. The first-order valence-electron chi connectivity index (χ1n) is 16.2. The first-order chi connectivity index (χ1) is 23.0. The van der Waals surface area contributed by atoms with Crippen LogP contribution in [0, 0.1) is 5.92 Å². The van der Waals surface area contributed by atoms with Gasteiger partial charge in [-0.2, -0.15) is 23.5 Å². The van der Waals surface area contributed by atoms with Gasteiger partial charge in [-0.05, 0) is 30.0 Å². The van der Waals surface area contributed by atoms with Gasteiger partial charge in [0.1, 0.15) is 17.6 Å². The maximum Gasteiger partial charge on any atom is 0.246 e. The number of carbonyl (C=O) groups is 5. The summed E-state index contributed by atoms with van der Waals surface area (Å²) in [5.41, 5.74) is 12.2. The number of rotatable bonds is 20. The highest BCUT2D eigenvalue weighted by atomic mass is 32.2. The SMILES string of the molecule is CC(C)C[C@H](NC(=O)C1(NC(=O)CCSCc2cccc(CSCCC(N)=O)n2)CCOCC1)C(=O)N[C@@H](Cc1ccccc1)C(N)=O. The zero-order chi connectivity index (χ0) is 34.9. The summed E-state index contributed by atoms with van der Waals surface area (Å²) < 4.78 is 5.51. The molecule has 1 aliphatic rings. The maximum atomic E-state index is 13.8. The number of amides is 5. The molecule has 12 nitrogen and oxygen atoms in total.